The zero-order valence-electron chi connectivity index (χ0n) is 12.5. The van der Waals surface area contributed by atoms with Crippen LogP contribution in [0.4, 0.5) is 0 Å². The van der Waals surface area contributed by atoms with E-state index < -0.39 is 6.04 Å². The number of hydrogen-bond acceptors (Lipinski definition) is 3. The SMILES string of the molecule is CCCn1cc(Br)cc1C(=O)N1CCCC1C(=O)OCC. The van der Waals surface area contributed by atoms with Crippen LogP contribution in [0, 0.1) is 0 Å². The lowest BCUT2D eigenvalue weighted by atomic mass is 10.2. The van der Waals surface area contributed by atoms with Crippen molar-refractivity contribution < 1.29 is 14.3 Å². The van der Waals surface area contributed by atoms with Gasteiger partial charge < -0.3 is 14.2 Å². The number of esters is 1. The number of likely N-dealkylation sites (tertiary alicyclic amines) is 1. The normalized spacial score (nSPS) is 18.0. The zero-order valence-corrected chi connectivity index (χ0v) is 14.1. The van der Waals surface area contributed by atoms with Gasteiger partial charge in [-0.2, -0.15) is 0 Å². The van der Waals surface area contributed by atoms with Crippen molar-refractivity contribution in [2.45, 2.75) is 45.7 Å². The summed E-state index contributed by atoms with van der Waals surface area (Å²) in [5.41, 5.74) is 0.625. The average molecular weight is 357 g/mol. The van der Waals surface area contributed by atoms with Gasteiger partial charge in [0.1, 0.15) is 11.7 Å². The Balaban J connectivity index is 2.20. The fourth-order valence-electron chi connectivity index (χ4n) is 2.72. The average Bonchev–Trinajstić information content (AvgIpc) is 3.05. The molecule has 1 unspecified atom stereocenters. The summed E-state index contributed by atoms with van der Waals surface area (Å²) in [6.45, 7) is 5.58. The van der Waals surface area contributed by atoms with Gasteiger partial charge in [0.15, 0.2) is 0 Å². The van der Waals surface area contributed by atoms with Gasteiger partial charge in [-0.05, 0) is 48.2 Å². The molecule has 0 N–H and O–H groups in total. The Bertz CT molecular complexity index is 527. The molecule has 2 rings (SSSR count). The van der Waals surface area contributed by atoms with Crippen molar-refractivity contribution in [3.63, 3.8) is 0 Å². The molecule has 0 aliphatic carbocycles. The second-order valence-electron chi connectivity index (χ2n) is 5.15. The van der Waals surface area contributed by atoms with Crippen molar-refractivity contribution in [1.29, 1.82) is 0 Å². The van der Waals surface area contributed by atoms with Crippen molar-refractivity contribution >= 4 is 27.8 Å². The Morgan fingerprint density at radius 3 is 2.86 bits per heavy atom. The molecule has 1 aromatic heterocycles. The van der Waals surface area contributed by atoms with E-state index in [2.05, 4.69) is 22.9 Å². The van der Waals surface area contributed by atoms with Gasteiger partial charge in [0, 0.05) is 23.8 Å². The molecule has 5 nitrogen and oxygen atoms in total. The molecule has 1 amide bonds. The first-order chi connectivity index (χ1) is 10.1. The molecule has 1 aliphatic heterocycles. The minimum atomic E-state index is -0.443. The van der Waals surface area contributed by atoms with Gasteiger partial charge in [-0.15, -0.1) is 0 Å². The van der Waals surface area contributed by atoms with Crippen LogP contribution in [0.2, 0.25) is 0 Å². The highest BCUT2D eigenvalue weighted by molar-refractivity contribution is 9.10. The number of aromatic nitrogens is 1. The molecule has 1 aromatic rings. The van der Waals surface area contributed by atoms with E-state index in [1.54, 1.807) is 11.8 Å². The first kappa shape index (κ1) is 16.1. The van der Waals surface area contributed by atoms with Crippen molar-refractivity contribution in [2.24, 2.45) is 0 Å². The number of amides is 1. The number of carbonyl (C=O) groups excluding carboxylic acids is 2. The molecule has 0 spiro atoms. The van der Waals surface area contributed by atoms with Crippen LogP contribution in [-0.2, 0) is 16.1 Å². The molecule has 1 fully saturated rings. The fraction of sp³-hybridized carbons (Fsp3) is 0.600. The van der Waals surface area contributed by atoms with Crippen LogP contribution in [0.5, 0.6) is 0 Å². The number of carbonyl (C=O) groups is 2. The molecular weight excluding hydrogens is 336 g/mol. The Hall–Kier alpha value is -1.30. The van der Waals surface area contributed by atoms with E-state index in [-0.39, 0.29) is 11.9 Å². The molecular formula is C15H21BrN2O3. The quantitative estimate of drug-likeness (QED) is 0.762. The summed E-state index contributed by atoms with van der Waals surface area (Å²) in [6.07, 6.45) is 4.37. The van der Waals surface area contributed by atoms with Crippen LogP contribution >= 0.6 is 15.9 Å². The summed E-state index contributed by atoms with van der Waals surface area (Å²) in [6, 6.07) is 1.37. The summed E-state index contributed by atoms with van der Waals surface area (Å²) < 4.78 is 7.89. The fourth-order valence-corrected chi connectivity index (χ4v) is 3.18. The van der Waals surface area contributed by atoms with Crippen molar-refractivity contribution in [2.75, 3.05) is 13.2 Å². The predicted octanol–water partition coefficient (Wildman–Crippen LogP) is 2.83. The van der Waals surface area contributed by atoms with Crippen molar-refractivity contribution in [1.82, 2.24) is 9.47 Å². The van der Waals surface area contributed by atoms with E-state index >= 15 is 0 Å². The summed E-state index contributed by atoms with van der Waals surface area (Å²) in [4.78, 5) is 26.4. The van der Waals surface area contributed by atoms with Gasteiger partial charge in [-0.25, -0.2) is 4.79 Å². The van der Waals surface area contributed by atoms with Gasteiger partial charge in [0.05, 0.1) is 6.61 Å². The van der Waals surface area contributed by atoms with Gasteiger partial charge >= 0.3 is 5.97 Å². The lowest BCUT2D eigenvalue weighted by Crippen LogP contribution is -2.42. The maximum absolute atomic E-state index is 12.8. The highest BCUT2D eigenvalue weighted by Crippen LogP contribution is 2.24. The second kappa shape index (κ2) is 7.11. The van der Waals surface area contributed by atoms with Gasteiger partial charge in [0.2, 0.25) is 0 Å². The number of halogens is 1. The first-order valence-corrected chi connectivity index (χ1v) is 8.21. The highest BCUT2D eigenvalue weighted by atomic mass is 79.9. The number of aryl methyl sites for hydroxylation is 1. The topological polar surface area (TPSA) is 51.5 Å². The predicted molar refractivity (Wildman–Crippen MR) is 83.1 cm³/mol. The molecule has 0 aromatic carbocycles. The van der Waals surface area contributed by atoms with Crippen molar-refractivity contribution in [3.05, 3.63) is 22.4 Å². The summed E-state index contributed by atoms with van der Waals surface area (Å²) in [7, 11) is 0. The Morgan fingerprint density at radius 1 is 1.43 bits per heavy atom. The molecule has 1 saturated heterocycles. The summed E-state index contributed by atoms with van der Waals surface area (Å²) in [5, 5.41) is 0. The number of rotatable bonds is 5. The van der Waals surface area contributed by atoms with Crippen LogP contribution < -0.4 is 0 Å². The molecule has 116 valence electrons. The van der Waals surface area contributed by atoms with E-state index in [0.29, 0.717) is 25.3 Å². The molecule has 2 heterocycles. The molecule has 0 bridgehead atoms. The number of hydrogen-bond donors (Lipinski definition) is 0. The van der Waals surface area contributed by atoms with Crippen molar-refractivity contribution in [3.8, 4) is 0 Å². The summed E-state index contributed by atoms with van der Waals surface area (Å²) >= 11 is 3.42. The molecule has 0 saturated carbocycles. The number of ether oxygens (including phenoxy) is 1. The zero-order chi connectivity index (χ0) is 15.4. The first-order valence-electron chi connectivity index (χ1n) is 7.41. The lowest BCUT2D eigenvalue weighted by Gasteiger charge is -2.23. The maximum atomic E-state index is 12.8. The van der Waals surface area contributed by atoms with E-state index in [4.69, 9.17) is 4.74 Å². The van der Waals surface area contributed by atoms with Crippen LogP contribution in [0.1, 0.15) is 43.6 Å². The minimum Gasteiger partial charge on any atom is -0.464 e. The highest BCUT2D eigenvalue weighted by Gasteiger charge is 2.36. The lowest BCUT2D eigenvalue weighted by molar-refractivity contribution is -0.147. The third-order valence-electron chi connectivity index (χ3n) is 3.62. The van der Waals surface area contributed by atoms with Gasteiger partial charge in [-0.3, -0.25) is 4.79 Å². The minimum absolute atomic E-state index is 0.0929. The summed E-state index contributed by atoms with van der Waals surface area (Å²) in [5.74, 6) is -0.388. The maximum Gasteiger partial charge on any atom is 0.328 e. The molecule has 21 heavy (non-hydrogen) atoms. The smallest absolute Gasteiger partial charge is 0.328 e. The van der Waals surface area contributed by atoms with Gasteiger partial charge in [0.25, 0.3) is 5.91 Å². The molecule has 6 heteroatoms. The monoisotopic (exact) mass is 356 g/mol. The molecule has 1 atom stereocenters. The third-order valence-corrected chi connectivity index (χ3v) is 4.05. The van der Waals surface area contributed by atoms with Gasteiger partial charge in [-0.1, -0.05) is 6.92 Å². The van der Waals surface area contributed by atoms with Crippen LogP contribution in [0.3, 0.4) is 0 Å². The van der Waals surface area contributed by atoms with Crippen LogP contribution in [-0.4, -0.2) is 40.5 Å². The van der Waals surface area contributed by atoms with E-state index in [1.165, 1.54) is 0 Å². The third kappa shape index (κ3) is 3.48. The molecule has 0 radical (unpaired) electrons. The largest absolute Gasteiger partial charge is 0.464 e. The number of nitrogens with zero attached hydrogens (tertiary/aromatic N) is 2. The second-order valence-corrected chi connectivity index (χ2v) is 6.06. The Kier molecular flexibility index (Phi) is 5.45. The Labute approximate surface area is 133 Å². The van der Waals surface area contributed by atoms with Crippen LogP contribution in [0.25, 0.3) is 0 Å². The van der Waals surface area contributed by atoms with E-state index in [9.17, 15) is 9.59 Å². The standard InChI is InChI=1S/C15H21BrN2O3/c1-3-7-17-10-11(16)9-13(17)14(19)18-8-5-6-12(18)15(20)21-4-2/h9-10,12H,3-8H2,1-2H3. The van der Waals surface area contributed by atoms with Crippen LogP contribution in [0.15, 0.2) is 16.7 Å². The van der Waals surface area contributed by atoms with E-state index in [0.717, 1.165) is 23.9 Å². The van der Waals surface area contributed by atoms with E-state index in [1.807, 2.05) is 16.8 Å². The Morgan fingerprint density at radius 2 is 2.19 bits per heavy atom. The molecule has 1 aliphatic rings.